The molecule has 1 aromatic rings. The van der Waals surface area contributed by atoms with E-state index in [4.69, 9.17) is 14.6 Å². The number of carbonyl (C=O) groups excluding carboxylic acids is 3. The van der Waals surface area contributed by atoms with Crippen LogP contribution in [0.25, 0.3) is 0 Å². The summed E-state index contributed by atoms with van der Waals surface area (Å²) < 4.78 is 32.6. The Kier molecular flexibility index (Phi) is 6.75. The van der Waals surface area contributed by atoms with Crippen molar-refractivity contribution in [2.75, 3.05) is 13.7 Å². The Bertz CT molecular complexity index is 832. The second-order valence-electron chi connectivity index (χ2n) is 5.99. The second kappa shape index (κ2) is 8.82. The summed E-state index contributed by atoms with van der Waals surface area (Å²) in [4.78, 5) is 35.3. The standard InChI is InChI=1S/C16H21N3O7S/c1-25-13-7-6-11(27(17,23)24)8-12(13)15(21)26-9-14(20)19-16(22)18-10-4-2-3-5-10/h6-8,10H,2-5,9H2,1H3,(H2,17,23,24)(H2,18,19,20,22). The molecular weight excluding hydrogens is 378 g/mol. The fourth-order valence-electron chi connectivity index (χ4n) is 2.69. The average Bonchev–Trinajstić information content (AvgIpc) is 3.11. The van der Waals surface area contributed by atoms with Crippen molar-refractivity contribution in [3.8, 4) is 5.75 Å². The van der Waals surface area contributed by atoms with Gasteiger partial charge in [-0.1, -0.05) is 12.8 Å². The number of hydrogen-bond acceptors (Lipinski definition) is 7. The van der Waals surface area contributed by atoms with Gasteiger partial charge in [0.2, 0.25) is 10.0 Å². The maximum atomic E-state index is 12.2. The highest BCUT2D eigenvalue weighted by Gasteiger charge is 2.21. The largest absolute Gasteiger partial charge is 0.496 e. The van der Waals surface area contributed by atoms with Crippen molar-refractivity contribution in [2.45, 2.75) is 36.6 Å². The first-order chi connectivity index (χ1) is 12.7. The predicted molar refractivity (Wildman–Crippen MR) is 93.6 cm³/mol. The van der Waals surface area contributed by atoms with Crippen molar-refractivity contribution in [3.05, 3.63) is 23.8 Å². The molecule has 1 aliphatic carbocycles. The first-order valence-electron chi connectivity index (χ1n) is 8.19. The molecule has 2 rings (SSSR count). The quantitative estimate of drug-likeness (QED) is 0.580. The first-order valence-corrected chi connectivity index (χ1v) is 9.73. The number of sulfonamides is 1. The Morgan fingerprint density at radius 3 is 2.48 bits per heavy atom. The number of urea groups is 1. The van der Waals surface area contributed by atoms with Gasteiger partial charge in [0.15, 0.2) is 6.61 Å². The monoisotopic (exact) mass is 399 g/mol. The minimum absolute atomic E-state index is 0.0329. The molecule has 10 nitrogen and oxygen atoms in total. The summed E-state index contributed by atoms with van der Waals surface area (Å²) in [5.74, 6) is -1.77. The third-order valence-electron chi connectivity index (χ3n) is 4.00. The number of nitrogens with one attached hydrogen (secondary N) is 2. The molecule has 1 aromatic carbocycles. The van der Waals surface area contributed by atoms with Crippen LogP contribution in [0, 0.1) is 0 Å². The zero-order chi connectivity index (χ0) is 20.0. The molecular formula is C16H21N3O7S. The molecule has 0 spiro atoms. The Morgan fingerprint density at radius 2 is 1.89 bits per heavy atom. The Balaban J connectivity index is 1.94. The highest BCUT2D eigenvalue weighted by molar-refractivity contribution is 7.89. The summed E-state index contributed by atoms with van der Waals surface area (Å²) in [5.41, 5.74) is -0.216. The number of imide groups is 1. The van der Waals surface area contributed by atoms with Gasteiger partial charge in [-0.25, -0.2) is 23.1 Å². The van der Waals surface area contributed by atoms with Crippen molar-refractivity contribution in [2.24, 2.45) is 5.14 Å². The lowest BCUT2D eigenvalue weighted by Crippen LogP contribution is -2.45. The molecule has 0 aliphatic heterocycles. The summed E-state index contributed by atoms with van der Waals surface area (Å²) in [6, 6.07) is 2.78. The van der Waals surface area contributed by atoms with E-state index >= 15 is 0 Å². The molecule has 148 valence electrons. The predicted octanol–water partition coefficient (Wildman–Crippen LogP) is 0.268. The van der Waals surface area contributed by atoms with E-state index in [-0.39, 0.29) is 22.3 Å². The molecule has 1 fully saturated rings. The Morgan fingerprint density at radius 1 is 1.22 bits per heavy atom. The molecule has 0 unspecified atom stereocenters. The molecule has 1 aliphatic rings. The lowest BCUT2D eigenvalue weighted by molar-refractivity contribution is -0.123. The van der Waals surface area contributed by atoms with Crippen LogP contribution in [-0.4, -0.2) is 46.1 Å². The summed E-state index contributed by atoms with van der Waals surface area (Å²) in [7, 11) is -2.76. The molecule has 0 bridgehead atoms. The fourth-order valence-corrected chi connectivity index (χ4v) is 3.23. The number of amides is 3. The number of methoxy groups -OCH3 is 1. The number of esters is 1. The van der Waals surface area contributed by atoms with Crippen LogP contribution in [0.5, 0.6) is 5.75 Å². The van der Waals surface area contributed by atoms with Crippen LogP contribution in [0.4, 0.5) is 4.79 Å². The van der Waals surface area contributed by atoms with Crippen LogP contribution in [0.15, 0.2) is 23.1 Å². The van der Waals surface area contributed by atoms with E-state index in [1.54, 1.807) is 0 Å². The van der Waals surface area contributed by atoms with Gasteiger partial charge >= 0.3 is 12.0 Å². The van der Waals surface area contributed by atoms with Crippen LogP contribution in [0.1, 0.15) is 36.0 Å². The number of ether oxygens (including phenoxy) is 2. The van der Waals surface area contributed by atoms with Crippen molar-refractivity contribution >= 4 is 27.9 Å². The van der Waals surface area contributed by atoms with Crippen molar-refractivity contribution < 1.29 is 32.3 Å². The van der Waals surface area contributed by atoms with Gasteiger partial charge in [0.1, 0.15) is 11.3 Å². The van der Waals surface area contributed by atoms with Gasteiger partial charge in [0.05, 0.1) is 12.0 Å². The maximum Gasteiger partial charge on any atom is 0.342 e. The highest BCUT2D eigenvalue weighted by Crippen LogP contribution is 2.22. The Hall–Kier alpha value is -2.66. The van der Waals surface area contributed by atoms with Gasteiger partial charge in [-0.3, -0.25) is 10.1 Å². The summed E-state index contributed by atoms with van der Waals surface area (Å²) in [6.07, 6.45) is 3.76. The number of benzene rings is 1. The SMILES string of the molecule is COc1ccc(S(N)(=O)=O)cc1C(=O)OCC(=O)NC(=O)NC1CCCC1. The summed E-state index contributed by atoms with van der Waals surface area (Å²) >= 11 is 0. The minimum Gasteiger partial charge on any atom is -0.496 e. The van der Waals surface area contributed by atoms with Crippen molar-refractivity contribution in [1.29, 1.82) is 0 Å². The number of hydrogen-bond donors (Lipinski definition) is 3. The molecule has 0 radical (unpaired) electrons. The van der Waals surface area contributed by atoms with Crippen LogP contribution in [0.3, 0.4) is 0 Å². The van der Waals surface area contributed by atoms with E-state index in [9.17, 15) is 22.8 Å². The molecule has 4 N–H and O–H groups in total. The van der Waals surface area contributed by atoms with E-state index < -0.39 is 34.5 Å². The van der Waals surface area contributed by atoms with Crippen molar-refractivity contribution in [1.82, 2.24) is 10.6 Å². The summed E-state index contributed by atoms with van der Waals surface area (Å²) in [6.45, 7) is -0.723. The molecule has 0 aromatic heterocycles. The van der Waals surface area contributed by atoms with E-state index in [1.807, 2.05) is 0 Å². The van der Waals surface area contributed by atoms with Crippen LogP contribution in [-0.2, 0) is 19.6 Å². The molecule has 0 heterocycles. The molecule has 3 amide bonds. The zero-order valence-electron chi connectivity index (χ0n) is 14.7. The molecule has 0 saturated heterocycles. The van der Waals surface area contributed by atoms with Crippen LogP contribution >= 0.6 is 0 Å². The Labute approximate surface area is 156 Å². The molecule has 0 atom stereocenters. The number of primary sulfonamides is 1. The summed E-state index contributed by atoms with van der Waals surface area (Å²) in [5, 5.41) is 9.76. The second-order valence-corrected chi connectivity index (χ2v) is 7.55. The third-order valence-corrected chi connectivity index (χ3v) is 4.91. The number of nitrogens with two attached hydrogens (primary N) is 1. The third kappa shape index (κ3) is 5.93. The van der Waals surface area contributed by atoms with Gasteiger partial charge in [0, 0.05) is 6.04 Å². The fraction of sp³-hybridized carbons (Fsp3) is 0.438. The van der Waals surface area contributed by atoms with Gasteiger partial charge in [-0.15, -0.1) is 0 Å². The van der Waals surface area contributed by atoms with Gasteiger partial charge in [-0.05, 0) is 31.0 Å². The van der Waals surface area contributed by atoms with Gasteiger partial charge in [0.25, 0.3) is 5.91 Å². The van der Waals surface area contributed by atoms with E-state index in [0.717, 1.165) is 31.7 Å². The van der Waals surface area contributed by atoms with E-state index in [1.165, 1.54) is 19.2 Å². The number of carbonyl (C=O) groups is 3. The first kappa shape index (κ1) is 20.6. The lowest BCUT2D eigenvalue weighted by Gasteiger charge is -2.13. The van der Waals surface area contributed by atoms with Gasteiger partial charge in [-0.2, -0.15) is 0 Å². The van der Waals surface area contributed by atoms with Crippen molar-refractivity contribution in [3.63, 3.8) is 0 Å². The normalized spacial score (nSPS) is 14.4. The number of rotatable bonds is 6. The van der Waals surface area contributed by atoms with E-state index in [2.05, 4.69) is 10.6 Å². The molecule has 11 heteroatoms. The molecule has 1 saturated carbocycles. The lowest BCUT2D eigenvalue weighted by atomic mass is 10.2. The van der Waals surface area contributed by atoms with Gasteiger partial charge < -0.3 is 14.8 Å². The average molecular weight is 399 g/mol. The van der Waals surface area contributed by atoms with Crippen LogP contribution < -0.4 is 20.5 Å². The zero-order valence-corrected chi connectivity index (χ0v) is 15.5. The topological polar surface area (TPSA) is 154 Å². The minimum atomic E-state index is -4.04. The van der Waals surface area contributed by atoms with E-state index in [0.29, 0.717) is 0 Å². The van der Waals surface area contributed by atoms with Crippen LogP contribution in [0.2, 0.25) is 0 Å². The molecule has 27 heavy (non-hydrogen) atoms. The smallest absolute Gasteiger partial charge is 0.342 e. The highest BCUT2D eigenvalue weighted by atomic mass is 32.2. The maximum absolute atomic E-state index is 12.2.